The Hall–Kier alpha value is -1.63. The van der Waals surface area contributed by atoms with Gasteiger partial charge in [-0.1, -0.05) is 0 Å². The molecule has 15 heavy (non-hydrogen) atoms. The zero-order valence-electron chi connectivity index (χ0n) is 8.77. The zero-order chi connectivity index (χ0) is 11.4. The molecular formula is C8H14N4O3. The van der Waals surface area contributed by atoms with E-state index >= 15 is 0 Å². The van der Waals surface area contributed by atoms with E-state index < -0.39 is 4.92 Å². The van der Waals surface area contributed by atoms with Gasteiger partial charge in [0.2, 0.25) is 5.82 Å². The molecule has 0 atom stereocenters. The molecule has 1 aromatic rings. The number of nitro groups is 1. The third-order valence-electron chi connectivity index (χ3n) is 2.01. The van der Waals surface area contributed by atoms with Crippen LogP contribution in [0.25, 0.3) is 0 Å². The number of rotatable bonds is 5. The second kappa shape index (κ2) is 4.74. The first kappa shape index (κ1) is 11.4. The maximum atomic E-state index is 10.6. The minimum atomic E-state index is -0.551. The Balaban J connectivity index is 2.88. The second-order valence-electron chi connectivity index (χ2n) is 3.09. The Bertz CT molecular complexity index is 361. The summed E-state index contributed by atoms with van der Waals surface area (Å²) in [6.45, 7) is 2.53. The van der Waals surface area contributed by atoms with Crippen molar-refractivity contribution in [2.45, 2.75) is 13.3 Å². The highest BCUT2D eigenvalue weighted by atomic mass is 16.6. The maximum Gasteiger partial charge on any atom is 0.426 e. The van der Waals surface area contributed by atoms with Crippen molar-refractivity contribution in [2.24, 2.45) is 12.8 Å². The van der Waals surface area contributed by atoms with Crippen LogP contribution in [0, 0.1) is 17.0 Å². The van der Waals surface area contributed by atoms with E-state index in [0.717, 1.165) is 0 Å². The van der Waals surface area contributed by atoms with Crippen LogP contribution in [0.2, 0.25) is 0 Å². The van der Waals surface area contributed by atoms with Gasteiger partial charge in [-0.2, -0.15) is 0 Å². The van der Waals surface area contributed by atoms with E-state index in [9.17, 15) is 10.1 Å². The monoisotopic (exact) mass is 214 g/mol. The van der Waals surface area contributed by atoms with Gasteiger partial charge in [0, 0.05) is 14.0 Å². The van der Waals surface area contributed by atoms with E-state index in [4.69, 9.17) is 10.5 Å². The van der Waals surface area contributed by atoms with Gasteiger partial charge in [-0.3, -0.25) is 4.57 Å². The average molecular weight is 214 g/mol. The van der Waals surface area contributed by atoms with Crippen molar-refractivity contribution < 1.29 is 9.66 Å². The van der Waals surface area contributed by atoms with Gasteiger partial charge >= 0.3 is 5.82 Å². The van der Waals surface area contributed by atoms with Crippen LogP contribution in [0.5, 0.6) is 5.88 Å². The van der Waals surface area contributed by atoms with Crippen molar-refractivity contribution in [1.82, 2.24) is 9.55 Å². The van der Waals surface area contributed by atoms with E-state index in [-0.39, 0.29) is 11.7 Å². The summed E-state index contributed by atoms with van der Waals surface area (Å²) >= 11 is 0. The number of ether oxygens (including phenoxy) is 1. The van der Waals surface area contributed by atoms with Crippen molar-refractivity contribution in [3.05, 3.63) is 15.9 Å². The molecule has 0 unspecified atom stereocenters. The quantitative estimate of drug-likeness (QED) is 0.433. The molecule has 0 amide bonds. The molecule has 0 aliphatic carbocycles. The molecule has 0 spiro atoms. The molecule has 0 saturated carbocycles. The normalized spacial score (nSPS) is 10.3. The third-order valence-corrected chi connectivity index (χ3v) is 2.01. The molecular weight excluding hydrogens is 200 g/mol. The number of nitrogens with two attached hydrogens (primary N) is 1. The Labute approximate surface area is 87.0 Å². The van der Waals surface area contributed by atoms with E-state index in [1.165, 1.54) is 0 Å². The molecule has 0 fully saturated rings. The number of nitrogens with zero attached hydrogens (tertiary/aromatic N) is 3. The van der Waals surface area contributed by atoms with Gasteiger partial charge in [-0.25, -0.2) is 0 Å². The second-order valence-corrected chi connectivity index (χ2v) is 3.09. The molecule has 2 N–H and O–H groups in total. The van der Waals surface area contributed by atoms with Crippen LogP contribution in [-0.2, 0) is 7.05 Å². The molecule has 0 aliphatic rings. The van der Waals surface area contributed by atoms with Gasteiger partial charge in [0.05, 0.1) is 6.61 Å². The Morgan fingerprint density at radius 3 is 2.87 bits per heavy atom. The first-order chi connectivity index (χ1) is 7.07. The van der Waals surface area contributed by atoms with Gasteiger partial charge in [0.1, 0.15) is 0 Å². The summed E-state index contributed by atoms with van der Waals surface area (Å²) in [6, 6.07) is 0. The predicted octanol–water partition coefficient (Wildman–Crippen LogP) is 0.364. The van der Waals surface area contributed by atoms with Crippen LogP contribution in [0.3, 0.4) is 0 Å². The smallest absolute Gasteiger partial charge is 0.426 e. The summed E-state index contributed by atoms with van der Waals surface area (Å²) < 4.78 is 6.82. The SMILES string of the molecule is Cc1nc([N+](=O)[O-])c(OCCCN)n1C. The lowest BCUT2D eigenvalue weighted by atomic mass is 10.5. The van der Waals surface area contributed by atoms with Crippen LogP contribution in [0.15, 0.2) is 0 Å². The lowest BCUT2D eigenvalue weighted by molar-refractivity contribution is -0.390. The lowest BCUT2D eigenvalue weighted by Crippen LogP contribution is -2.09. The van der Waals surface area contributed by atoms with Gasteiger partial charge in [-0.15, -0.1) is 0 Å². The van der Waals surface area contributed by atoms with Crippen LogP contribution >= 0.6 is 0 Å². The molecule has 0 aromatic carbocycles. The number of aryl methyl sites for hydroxylation is 1. The maximum absolute atomic E-state index is 10.6. The van der Waals surface area contributed by atoms with Crippen LogP contribution in [-0.4, -0.2) is 27.6 Å². The summed E-state index contributed by atoms with van der Waals surface area (Å²) in [7, 11) is 1.67. The molecule has 7 nitrogen and oxygen atoms in total. The number of hydrogen-bond donors (Lipinski definition) is 1. The van der Waals surface area contributed by atoms with E-state index in [0.29, 0.717) is 25.4 Å². The summed E-state index contributed by atoms with van der Waals surface area (Å²) in [4.78, 5) is 13.9. The molecule has 7 heteroatoms. The summed E-state index contributed by atoms with van der Waals surface area (Å²) in [5.41, 5.74) is 5.30. The van der Waals surface area contributed by atoms with Gasteiger partial charge < -0.3 is 20.6 Å². The van der Waals surface area contributed by atoms with Gasteiger partial charge in [0.25, 0.3) is 5.88 Å². The summed E-state index contributed by atoms with van der Waals surface area (Å²) in [6.07, 6.45) is 0.654. The molecule has 0 aliphatic heterocycles. The van der Waals surface area contributed by atoms with Crippen molar-refractivity contribution >= 4 is 5.82 Å². The molecule has 0 radical (unpaired) electrons. The van der Waals surface area contributed by atoms with Crippen LogP contribution in [0.1, 0.15) is 12.2 Å². The first-order valence-electron chi connectivity index (χ1n) is 4.58. The molecule has 0 bridgehead atoms. The van der Waals surface area contributed by atoms with Crippen LogP contribution in [0.4, 0.5) is 5.82 Å². The largest absolute Gasteiger partial charge is 0.473 e. The summed E-state index contributed by atoms with van der Waals surface area (Å²) in [5, 5.41) is 10.6. The number of hydrogen-bond acceptors (Lipinski definition) is 5. The Morgan fingerprint density at radius 1 is 1.67 bits per heavy atom. The first-order valence-corrected chi connectivity index (χ1v) is 4.58. The van der Waals surface area contributed by atoms with Crippen molar-refractivity contribution in [3.63, 3.8) is 0 Å². The Morgan fingerprint density at radius 2 is 2.33 bits per heavy atom. The number of imidazole rings is 1. The van der Waals surface area contributed by atoms with Crippen molar-refractivity contribution in [1.29, 1.82) is 0 Å². The molecule has 1 heterocycles. The van der Waals surface area contributed by atoms with E-state index in [2.05, 4.69) is 4.98 Å². The van der Waals surface area contributed by atoms with Crippen molar-refractivity contribution in [3.8, 4) is 5.88 Å². The fourth-order valence-corrected chi connectivity index (χ4v) is 1.11. The topological polar surface area (TPSA) is 96.2 Å². The number of aromatic nitrogens is 2. The Kier molecular flexibility index (Phi) is 3.62. The fourth-order valence-electron chi connectivity index (χ4n) is 1.11. The summed E-state index contributed by atoms with van der Waals surface area (Å²) in [5.74, 6) is 0.488. The minimum Gasteiger partial charge on any atom is -0.473 e. The van der Waals surface area contributed by atoms with Gasteiger partial charge in [0.15, 0.2) is 0 Å². The highest BCUT2D eigenvalue weighted by molar-refractivity contribution is 5.35. The molecule has 1 rings (SSSR count). The van der Waals surface area contributed by atoms with E-state index in [1.54, 1.807) is 18.5 Å². The zero-order valence-corrected chi connectivity index (χ0v) is 8.77. The van der Waals surface area contributed by atoms with Gasteiger partial charge in [-0.05, 0) is 22.9 Å². The molecule has 84 valence electrons. The van der Waals surface area contributed by atoms with Crippen molar-refractivity contribution in [2.75, 3.05) is 13.2 Å². The highest BCUT2D eigenvalue weighted by Gasteiger charge is 2.24. The van der Waals surface area contributed by atoms with E-state index in [1.807, 2.05) is 0 Å². The predicted molar refractivity (Wildman–Crippen MR) is 53.8 cm³/mol. The van der Waals surface area contributed by atoms with Crippen LogP contribution < -0.4 is 10.5 Å². The minimum absolute atomic E-state index is 0.186. The third kappa shape index (κ3) is 2.44. The fraction of sp³-hybridized carbons (Fsp3) is 0.625. The highest BCUT2D eigenvalue weighted by Crippen LogP contribution is 2.26. The molecule has 1 aromatic heterocycles. The average Bonchev–Trinajstić information content (AvgIpc) is 2.46. The lowest BCUT2D eigenvalue weighted by Gasteiger charge is -2.04. The molecule has 0 saturated heterocycles. The standard InChI is InChI=1S/C8H14N4O3/c1-6-10-7(12(13)14)8(11(6)2)15-5-3-4-9/h3-5,9H2,1-2H3.